The van der Waals surface area contributed by atoms with E-state index in [9.17, 15) is 30.3 Å². The third kappa shape index (κ3) is 47.8. The monoisotopic (exact) mass is 1120 g/mol. The first-order valence-corrected chi connectivity index (χ1v) is 33.8. The summed E-state index contributed by atoms with van der Waals surface area (Å²) in [5.41, 5.74) is 0. The minimum absolute atomic E-state index is 0.177. The summed E-state index contributed by atoms with van der Waals surface area (Å²) >= 11 is 0. The standard InChI is InChI=1S/C71H127NO8/c1-3-5-7-9-11-13-15-17-19-21-23-25-27-29-30-31-32-33-34-35-36-37-39-41-43-45-47-49-51-53-55-57-59-61-67(75)72-64(63-79-71-70(78)69(77)68(76)66(62-73)80-71)65(74)60-58-56-54-52-50-48-46-44-42-40-38-28-26-24-22-20-18-16-14-12-10-8-6-4-2/h5,7,11,13,17,19,23,25,29-30,32-33,58,60,64-66,68-71,73-74,76-78H,3-4,6,8-10,12,14-16,18,20-22,24,26-28,31,34-57,59,61-63H2,1-2H3,(H,72,75)/b7-5-,13-11-,19-17-,25-23-,30-29-,33-32-,60-58+. The molecule has 1 saturated heterocycles. The maximum atomic E-state index is 13.1. The molecule has 7 unspecified atom stereocenters. The molecule has 0 radical (unpaired) electrons. The summed E-state index contributed by atoms with van der Waals surface area (Å²) in [6.07, 6.45) is 78.1. The second kappa shape index (κ2) is 59.5. The number of unbranched alkanes of at least 4 members (excludes halogenated alkanes) is 36. The van der Waals surface area contributed by atoms with Crippen LogP contribution in [0.3, 0.4) is 0 Å². The Balaban J connectivity index is 2.15. The van der Waals surface area contributed by atoms with Crippen molar-refractivity contribution in [3.05, 3.63) is 85.1 Å². The third-order valence-electron chi connectivity index (χ3n) is 15.7. The van der Waals surface area contributed by atoms with E-state index >= 15 is 0 Å². The summed E-state index contributed by atoms with van der Waals surface area (Å²) < 4.78 is 11.3. The van der Waals surface area contributed by atoms with Crippen LogP contribution in [0.25, 0.3) is 0 Å². The molecular weight excluding hydrogens is 995 g/mol. The van der Waals surface area contributed by atoms with Gasteiger partial charge in [0.1, 0.15) is 24.4 Å². The number of allylic oxidation sites excluding steroid dienone is 13. The van der Waals surface area contributed by atoms with Crippen molar-refractivity contribution >= 4 is 5.91 Å². The van der Waals surface area contributed by atoms with Gasteiger partial charge in [-0.2, -0.15) is 0 Å². The molecule has 0 bridgehead atoms. The summed E-state index contributed by atoms with van der Waals surface area (Å²) in [4.78, 5) is 13.1. The molecule has 0 aliphatic carbocycles. The van der Waals surface area contributed by atoms with Crippen LogP contribution in [0.1, 0.15) is 303 Å². The molecule has 464 valence electrons. The Hall–Kier alpha value is -2.63. The van der Waals surface area contributed by atoms with E-state index < -0.39 is 49.5 Å². The number of aliphatic hydroxyl groups is 5. The summed E-state index contributed by atoms with van der Waals surface area (Å²) in [5.74, 6) is -0.177. The molecule has 0 saturated carbocycles. The predicted molar refractivity (Wildman–Crippen MR) is 341 cm³/mol. The average molecular weight is 1120 g/mol. The second-order valence-electron chi connectivity index (χ2n) is 23.2. The second-order valence-corrected chi connectivity index (χ2v) is 23.2. The predicted octanol–water partition coefficient (Wildman–Crippen LogP) is 18.1. The SMILES string of the molecule is CC/C=C\C/C=C\C/C=C\C/C=C\C/C=C\C/C=C\CCCCCCCCCCCCCCCCC(=O)NC(COC1OC(CO)C(O)C(O)C1O)C(O)/C=C/CCCCCCCCCCCCCCCCCCCCCCCC. The van der Waals surface area contributed by atoms with Crippen molar-refractivity contribution in [2.24, 2.45) is 0 Å². The van der Waals surface area contributed by atoms with Gasteiger partial charge in [-0.25, -0.2) is 0 Å². The lowest BCUT2D eigenvalue weighted by Gasteiger charge is -2.40. The largest absolute Gasteiger partial charge is 0.394 e. The lowest BCUT2D eigenvalue weighted by atomic mass is 9.99. The van der Waals surface area contributed by atoms with Crippen molar-refractivity contribution in [1.29, 1.82) is 0 Å². The maximum Gasteiger partial charge on any atom is 0.220 e. The van der Waals surface area contributed by atoms with E-state index in [1.54, 1.807) is 6.08 Å². The van der Waals surface area contributed by atoms with Gasteiger partial charge < -0.3 is 40.3 Å². The number of hydrogen-bond acceptors (Lipinski definition) is 8. The normalized spacial score (nSPS) is 19.0. The van der Waals surface area contributed by atoms with E-state index in [1.807, 2.05) is 6.08 Å². The Morgan fingerprint density at radius 1 is 0.438 bits per heavy atom. The summed E-state index contributed by atoms with van der Waals surface area (Å²) in [6.45, 7) is 3.70. The molecule has 0 aromatic heterocycles. The zero-order valence-electron chi connectivity index (χ0n) is 51.8. The van der Waals surface area contributed by atoms with E-state index in [0.717, 1.165) is 77.0 Å². The highest BCUT2D eigenvalue weighted by Gasteiger charge is 2.44. The number of nitrogens with one attached hydrogen (secondary N) is 1. The summed E-state index contributed by atoms with van der Waals surface area (Å²) in [6, 6.07) is -0.810. The fourth-order valence-electron chi connectivity index (χ4n) is 10.5. The molecule has 0 spiro atoms. The Bertz CT molecular complexity index is 1540. The van der Waals surface area contributed by atoms with Crippen LogP contribution in [-0.2, 0) is 14.3 Å². The minimum Gasteiger partial charge on any atom is -0.394 e. The highest BCUT2D eigenvalue weighted by molar-refractivity contribution is 5.76. The van der Waals surface area contributed by atoms with Gasteiger partial charge in [-0.1, -0.05) is 311 Å². The van der Waals surface area contributed by atoms with E-state index in [-0.39, 0.29) is 12.5 Å². The van der Waals surface area contributed by atoms with Gasteiger partial charge in [-0.3, -0.25) is 4.79 Å². The molecule has 1 aliphatic rings. The van der Waals surface area contributed by atoms with Crippen molar-refractivity contribution in [2.75, 3.05) is 13.2 Å². The fraction of sp³-hybridized carbons (Fsp3) is 0.789. The van der Waals surface area contributed by atoms with Crippen LogP contribution in [0.15, 0.2) is 85.1 Å². The Morgan fingerprint density at radius 2 is 0.775 bits per heavy atom. The van der Waals surface area contributed by atoms with Crippen molar-refractivity contribution in [1.82, 2.24) is 5.32 Å². The molecular formula is C71H127NO8. The molecule has 6 N–H and O–H groups in total. The van der Waals surface area contributed by atoms with Gasteiger partial charge in [0.2, 0.25) is 5.91 Å². The molecule has 9 heteroatoms. The Labute approximate surface area is 492 Å². The lowest BCUT2D eigenvalue weighted by Crippen LogP contribution is -2.60. The Kier molecular flexibility index (Phi) is 56.1. The molecule has 1 amide bonds. The number of carbonyl (C=O) groups is 1. The zero-order chi connectivity index (χ0) is 57.9. The highest BCUT2D eigenvalue weighted by atomic mass is 16.7. The van der Waals surface area contributed by atoms with Crippen LogP contribution in [0, 0.1) is 0 Å². The van der Waals surface area contributed by atoms with Crippen LogP contribution < -0.4 is 5.32 Å². The summed E-state index contributed by atoms with van der Waals surface area (Å²) in [5, 5.41) is 54.7. The number of amides is 1. The van der Waals surface area contributed by atoms with Crippen molar-refractivity contribution in [3.63, 3.8) is 0 Å². The van der Waals surface area contributed by atoms with Gasteiger partial charge in [0, 0.05) is 6.42 Å². The minimum atomic E-state index is -1.57. The molecule has 1 fully saturated rings. The van der Waals surface area contributed by atoms with Crippen LogP contribution in [0.5, 0.6) is 0 Å². The highest BCUT2D eigenvalue weighted by Crippen LogP contribution is 2.23. The summed E-state index contributed by atoms with van der Waals surface area (Å²) in [7, 11) is 0. The molecule has 0 aromatic carbocycles. The molecule has 80 heavy (non-hydrogen) atoms. The maximum absolute atomic E-state index is 13.1. The molecule has 1 aliphatic heterocycles. The fourth-order valence-corrected chi connectivity index (χ4v) is 10.5. The van der Waals surface area contributed by atoms with E-state index in [0.29, 0.717) is 6.42 Å². The van der Waals surface area contributed by atoms with Gasteiger partial charge in [0.15, 0.2) is 6.29 Å². The molecule has 7 atom stereocenters. The first-order chi connectivity index (χ1) is 39.3. The molecule has 1 heterocycles. The molecule has 0 aromatic rings. The smallest absolute Gasteiger partial charge is 0.220 e. The van der Waals surface area contributed by atoms with Crippen molar-refractivity contribution in [3.8, 4) is 0 Å². The third-order valence-corrected chi connectivity index (χ3v) is 15.7. The van der Waals surface area contributed by atoms with E-state index in [4.69, 9.17) is 9.47 Å². The van der Waals surface area contributed by atoms with Gasteiger partial charge in [-0.05, 0) is 70.6 Å². The van der Waals surface area contributed by atoms with Crippen LogP contribution in [-0.4, -0.2) is 87.5 Å². The molecule has 9 nitrogen and oxygen atoms in total. The van der Waals surface area contributed by atoms with Crippen LogP contribution in [0.2, 0.25) is 0 Å². The quantitative estimate of drug-likeness (QED) is 0.0261. The number of ether oxygens (including phenoxy) is 2. The van der Waals surface area contributed by atoms with Crippen molar-refractivity contribution in [2.45, 2.75) is 346 Å². The average Bonchev–Trinajstić information content (AvgIpc) is 3.46. The van der Waals surface area contributed by atoms with Gasteiger partial charge >= 0.3 is 0 Å². The van der Waals surface area contributed by atoms with Crippen LogP contribution in [0.4, 0.5) is 0 Å². The van der Waals surface area contributed by atoms with Gasteiger partial charge in [0.05, 0.1) is 25.4 Å². The van der Waals surface area contributed by atoms with Gasteiger partial charge in [-0.15, -0.1) is 0 Å². The first kappa shape index (κ1) is 75.4. The topological polar surface area (TPSA) is 149 Å². The van der Waals surface area contributed by atoms with E-state index in [1.165, 1.54) is 205 Å². The number of rotatable bonds is 58. The zero-order valence-corrected chi connectivity index (χ0v) is 51.8. The number of hydrogen-bond donors (Lipinski definition) is 6. The number of carbonyl (C=O) groups excluding carboxylic acids is 1. The van der Waals surface area contributed by atoms with Gasteiger partial charge in [0.25, 0.3) is 0 Å². The first-order valence-electron chi connectivity index (χ1n) is 33.8. The van der Waals surface area contributed by atoms with E-state index in [2.05, 4.69) is 92.1 Å². The van der Waals surface area contributed by atoms with Crippen molar-refractivity contribution < 1.29 is 39.8 Å². The Morgan fingerprint density at radius 3 is 1.15 bits per heavy atom. The lowest BCUT2D eigenvalue weighted by molar-refractivity contribution is -0.302. The van der Waals surface area contributed by atoms with Crippen LogP contribution >= 0.6 is 0 Å². The number of aliphatic hydroxyl groups excluding tert-OH is 5. The molecule has 1 rings (SSSR count).